The molecule has 4 rings (SSSR count). The summed E-state index contributed by atoms with van der Waals surface area (Å²) in [5, 5.41) is 3.44. The third-order valence-corrected chi connectivity index (χ3v) is 6.61. The van der Waals surface area contributed by atoms with Crippen molar-refractivity contribution in [3.8, 4) is 28.2 Å². The van der Waals surface area contributed by atoms with E-state index in [1.807, 2.05) is 25.9 Å². The Labute approximate surface area is 219 Å². The summed E-state index contributed by atoms with van der Waals surface area (Å²) in [7, 11) is 3.88. The number of para-hydroxylation sites is 1. The van der Waals surface area contributed by atoms with E-state index in [4.69, 9.17) is 11.6 Å². The van der Waals surface area contributed by atoms with Gasteiger partial charge in [-0.2, -0.15) is 13.2 Å². The van der Waals surface area contributed by atoms with Crippen molar-refractivity contribution in [2.75, 3.05) is 20.6 Å². The average molecular weight is 526 g/mol. The molecule has 0 bridgehead atoms. The van der Waals surface area contributed by atoms with Crippen molar-refractivity contribution < 1.29 is 18.0 Å². The Morgan fingerprint density at radius 1 is 0.892 bits per heavy atom. The first kappa shape index (κ1) is 26.5. The number of hydrogen-bond acceptors (Lipinski definition) is 2. The molecule has 1 N–H and O–H groups in total. The summed E-state index contributed by atoms with van der Waals surface area (Å²) in [5.41, 5.74) is 2.29. The van der Waals surface area contributed by atoms with Gasteiger partial charge in [-0.15, -0.1) is 0 Å². The smallest absolute Gasteiger partial charge is 0.350 e. The Bertz CT molecular complexity index is 1380. The normalized spacial score (nSPS) is 12.5. The van der Waals surface area contributed by atoms with Crippen LogP contribution in [-0.4, -0.2) is 42.1 Å². The van der Waals surface area contributed by atoms with Crippen molar-refractivity contribution in [3.63, 3.8) is 0 Å². The third-order valence-electron chi connectivity index (χ3n) is 6.35. The van der Waals surface area contributed by atoms with Crippen LogP contribution in [0.5, 0.6) is 0 Å². The summed E-state index contributed by atoms with van der Waals surface area (Å²) in [6, 6.07) is 23.0. The first-order valence-electron chi connectivity index (χ1n) is 11.8. The quantitative estimate of drug-likeness (QED) is 0.278. The minimum atomic E-state index is -4.54. The molecule has 37 heavy (non-hydrogen) atoms. The van der Waals surface area contributed by atoms with Gasteiger partial charge in [-0.3, -0.25) is 4.79 Å². The Morgan fingerprint density at radius 3 is 1.97 bits per heavy atom. The van der Waals surface area contributed by atoms with Gasteiger partial charge in [0.05, 0.1) is 22.6 Å². The van der Waals surface area contributed by atoms with E-state index < -0.39 is 11.7 Å². The number of aromatic nitrogens is 1. The van der Waals surface area contributed by atoms with E-state index in [0.29, 0.717) is 34.1 Å². The molecule has 0 saturated carbocycles. The lowest BCUT2D eigenvalue weighted by Gasteiger charge is -2.20. The molecule has 8 heteroatoms. The van der Waals surface area contributed by atoms with Gasteiger partial charge in [-0.05, 0) is 80.7 Å². The third kappa shape index (κ3) is 5.89. The summed E-state index contributed by atoms with van der Waals surface area (Å²) >= 11 is 6.05. The molecule has 0 radical (unpaired) electrons. The van der Waals surface area contributed by atoms with Crippen molar-refractivity contribution in [1.29, 1.82) is 0 Å². The number of nitrogens with one attached hydrogen (secondary N) is 1. The Balaban J connectivity index is 1.77. The highest BCUT2D eigenvalue weighted by Crippen LogP contribution is 2.39. The number of nitrogens with zero attached hydrogens (tertiary/aromatic N) is 2. The fourth-order valence-corrected chi connectivity index (χ4v) is 4.12. The van der Waals surface area contributed by atoms with Crippen molar-refractivity contribution in [1.82, 2.24) is 14.8 Å². The molecule has 1 atom stereocenters. The summed E-state index contributed by atoms with van der Waals surface area (Å²) < 4.78 is 43.6. The van der Waals surface area contributed by atoms with Gasteiger partial charge in [0.2, 0.25) is 0 Å². The van der Waals surface area contributed by atoms with E-state index in [-0.39, 0.29) is 17.6 Å². The number of halogens is 4. The zero-order valence-electron chi connectivity index (χ0n) is 20.7. The molecule has 0 spiro atoms. The summed E-state index contributed by atoms with van der Waals surface area (Å²) in [4.78, 5) is 14.6. The summed E-state index contributed by atoms with van der Waals surface area (Å²) in [5.74, 6) is -0.208. The SMILES string of the molecule is CC(CNC(=O)c1ccc(-c2ccc(-c3ccc(Cl)cc3)n2-c2ccccc2C(F)(F)F)cc1)N(C)C. The minimum Gasteiger partial charge on any atom is -0.350 e. The second-order valence-corrected chi connectivity index (χ2v) is 9.50. The summed E-state index contributed by atoms with van der Waals surface area (Å²) in [6.07, 6.45) is -4.54. The largest absolute Gasteiger partial charge is 0.418 e. The topological polar surface area (TPSA) is 37.3 Å². The van der Waals surface area contributed by atoms with Crippen LogP contribution in [0.25, 0.3) is 28.2 Å². The molecule has 192 valence electrons. The van der Waals surface area contributed by atoms with Crippen LogP contribution in [0.4, 0.5) is 13.2 Å². The fraction of sp³-hybridized carbons (Fsp3) is 0.207. The second-order valence-electron chi connectivity index (χ2n) is 9.06. The molecular weight excluding hydrogens is 499 g/mol. The first-order valence-corrected chi connectivity index (χ1v) is 12.1. The zero-order chi connectivity index (χ0) is 26.7. The molecule has 4 nitrogen and oxygen atoms in total. The summed E-state index contributed by atoms with van der Waals surface area (Å²) in [6.45, 7) is 2.50. The van der Waals surface area contributed by atoms with E-state index in [1.165, 1.54) is 12.1 Å². The lowest BCUT2D eigenvalue weighted by Crippen LogP contribution is -2.38. The highest BCUT2D eigenvalue weighted by molar-refractivity contribution is 6.30. The highest BCUT2D eigenvalue weighted by atomic mass is 35.5. The molecular formula is C29H27ClF3N3O. The highest BCUT2D eigenvalue weighted by Gasteiger charge is 2.34. The zero-order valence-corrected chi connectivity index (χ0v) is 21.4. The monoisotopic (exact) mass is 525 g/mol. The molecule has 1 amide bonds. The number of rotatable bonds is 7. The number of benzene rings is 3. The molecule has 1 unspecified atom stereocenters. The van der Waals surface area contributed by atoms with Gasteiger partial charge in [-0.1, -0.05) is 48.0 Å². The van der Waals surface area contributed by atoms with Crippen LogP contribution < -0.4 is 5.32 Å². The van der Waals surface area contributed by atoms with Gasteiger partial charge in [0.1, 0.15) is 0 Å². The number of amides is 1. The maximum absolute atomic E-state index is 14.0. The van der Waals surface area contributed by atoms with E-state index in [2.05, 4.69) is 5.32 Å². The average Bonchev–Trinajstić information content (AvgIpc) is 3.32. The van der Waals surface area contributed by atoms with Gasteiger partial charge in [-0.25, -0.2) is 0 Å². The second kappa shape index (κ2) is 10.8. The van der Waals surface area contributed by atoms with Crippen LogP contribution in [0.1, 0.15) is 22.8 Å². The molecule has 0 saturated heterocycles. The van der Waals surface area contributed by atoms with Crippen LogP contribution >= 0.6 is 11.6 Å². The molecule has 3 aromatic carbocycles. The number of hydrogen-bond donors (Lipinski definition) is 1. The lowest BCUT2D eigenvalue weighted by molar-refractivity contribution is -0.137. The maximum atomic E-state index is 14.0. The van der Waals surface area contributed by atoms with Gasteiger partial charge in [0, 0.05) is 23.2 Å². The van der Waals surface area contributed by atoms with Crippen LogP contribution in [-0.2, 0) is 6.18 Å². The van der Waals surface area contributed by atoms with E-state index >= 15 is 0 Å². The number of likely N-dealkylation sites (N-methyl/N-ethyl adjacent to an activating group) is 1. The van der Waals surface area contributed by atoms with Gasteiger partial charge < -0.3 is 14.8 Å². The molecule has 0 fully saturated rings. The van der Waals surface area contributed by atoms with Crippen LogP contribution in [0, 0.1) is 0 Å². The standard InChI is InChI=1S/C29H27ClF3N3O/c1-19(35(2)3)18-34-28(37)22-10-8-20(9-11-22)25-16-17-26(21-12-14-23(30)15-13-21)36(25)27-7-5-4-6-24(27)29(31,32)33/h4-17,19H,18H2,1-3H3,(H,34,37). The molecule has 0 aliphatic carbocycles. The van der Waals surface area contributed by atoms with Crippen molar-refractivity contribution in [2.45, 2.75) is 19.1 Å². The minimum absolute atomic E-state index is 0.0134. The predicted molar refractivity (Wildman–Crippen MR) is 142 cm³/mol. The van der Waals surface area contributed by atoms with Gasteiger partial charge in [0.15, 0.2) is 0 Å². The van der Waals surface area contributed by atoms with Crippen LogP contribution in [0.15, 0.2) is 84.9 Å². The van der Waals surface area contributed by atoms with E-state index in [1.54, 1.807) is 71.3 Å². The van der Waals surface area contributed by atoms with E-state index in [0.717, 1.165) is 11.6 Å². The van der Waals surface area contributed by atoms with Crippen molar-refractivity contribution in [2.24, 2.45) is 0 Å². The molecule has 1 aromatic heterocycles. The number of carbonyl (C=O) groups is 1. The first-order chi connectivity index (χ1) is 17.6. The van der Waals surface area contributed by atoms with Crippen LogP contribution in [0.2, 0.25) is 5.02 Å². The molecule has 1 heterocycles. The predicted octanol–water partition coefficient (Wildman–Crippen LogP) is 7.16. The fourth-order valence-electron chi connectivity index (χ4n) is 3.99. The Hall–Kier alpha value is -3.55. The number of carbonyl (C=O) groups excluding carboxylic acids is 1. The number of alkyl halides is 3. The van der Waals surface area contributed by atoms with E-state index in [9.17, 15) is 18.0 Å². The lowest BCUT2D eigenvalue weighted by atomic mass is 10.1. The van der Waals surface area contributed by atoms with Crippen LogP contribution in [0.3, 0.4) is 0 Å². The Morgan fingerprint density at radius 2 is 1.43 bits per heavy atom. The van der Waals surface area contributed by atoms with Crippen molar-refractivity contribution >= 4 is 17.5 Å². The molecule has 0 aliphatic rings. The Kier molecular flexibility index (Phi) is 7.76. The maximum Gasteiger partial charge on any atom is 0.418 e. The molecule has 0 aliphatic heterocycles. The molecule has 4 aromatic rings. The van der Waals surface area contributed by atoms with Gasteiger partial charge >= 0.3 is 6.18 Å². The van der Waals surface area contributed by atoms with Crippen molar-refractivity contribution in [3.05, 3.63) is 101 Å². The van der Waals surface area contributed by atoms with Gasteiger partial charge in [0.25, 0.3) is 5.91 Å².